The fourth-order valence-corrected chi connectivity index (χ4v) is 1.83. The molecular weight excluding hydrogens is 230 g/mol. The average molecular weight is 249 g/mol. The van der Waals surface area contributed by atoms with E-state index in [4.69, 9.17) is 4.74 Å². The summed E-state index contributed by atoms with van der Waals surface area (Å²) in [7, 11) is 0. The molecule has 1 fully saturated rings. The number of rotatable bonds is 5. The first kappa shape index (κ1) is 12.7. The number of ether oxygens (including phenoxy) is 1. The molecule has 0 aromatic carbocycles. The van der Waals surface area contributed by atoms with E-state index in [0.29, 0.717) is 32.2 Å². The Kier molecular flexibility index (Phi) is 4.02. The lowest BCUT2D eigenvalue weighted by Crippen LogP contribution is -2.29. The first-order valence-electron chi connectivity index (χ1n) is 6.27. The summed E-state index contributed by atoms with van der Waals surface area (Å²) < 4.78 is 4.87. The molecule has 1 amide bonds. The van der Waals surface area contributed by atoms with Crippen molar-refractivity contribution in [2.24, 2.45) is 0 Å². The Hall–Kier alpha value is -1.78. The number of anilines is 1. The third-order valence-corrected chi connectivity index (χ3v) is 2.98. The molecule has 5 heteroatoms. The van der Waals surface area contributed by atoms with Gasteiger partial charge in [-0.25, -0.2) is 4.79 Å². The fraction of sp³-hybridized carbons (Fsp3) is 0.538. The molecule has 18 heavy (non-hydrogen) atoms. The maximum Gasteiger partial charge on any atom is 0.409 e. The zero-order valence-electron chi connectivity index (χ0n) is 10.8. The molecule has 5 nitrogen and oxygen atoms in total. The van der Waals surface area contributed by atoms with Gasteiger partial charge in [0.05, 0.1) is 12.2 Å². The Labute approximate surface area is 107 Å². The van der Waals surface area contributed by atoms with E-state index in [0.717, 1.165) is 5.69 Å². The highest BCUT2D eigenvalue weighted by molar-refractivity contribution is 5.69. The quantitative estimate of drug-likeness (QED) is 0.868. The van der Waals surface area contributed by atoms with Gasteiger partial charge in [0.15, 0.2) is 0 Å². The van der Waals surface area contributed by atoms with Gasteiger partial charge >= 0.3 is 6.09 Å². The lowest BCUT2D eigenvalue weighted by atomic mass is 10.1. The van der Waals surface area contributed by atoms with Crippen molar-refractivity contribution in [2.75, 3.05) is 31.6 Å². The summed E-state index contributed by atoms with van der Waals surface area (Å²) in [6, 6.07) is 2.10. The third kappa shape index (κ3) is 3.12. The molecule has 2 rings (SSSR count). The fourth-order valence-electron chi connectivity index (χ4n) is 1.83. The summed E-state index contributed by atoms with van der Waals surface area (Å²) >= 11 is 0. The highest BCUT2D eigenvalue weighted by Crippen LogP contribution is 2.16. The largest absolute Gasteiger partial charge is 0.448 e. The van der Waals surface area contributed by atoms with Crippen LogP contribution in [0.4, 0.5) is 10.5 Å². The number of cyclic esters (lactones) is 1. The second-order valence-corrected chi connectivity index (χ2v) is 4.69. The minimum Gasteiger partial charge on any atom is -0.448 e. The van der Waals surface area contributed by atoms with Crippen molar-refractivity contribution in [3.8, 4) is 0 Å². The van der Waals surface area contributed by atoms with Crippen LogP contribution in [0.25, 0.3) is 0 Å². The van der Waals surface area contributed by atoms with Crippen LogP contribution in [0.5, 0.6) is 0 Å². The lowest BCUT2D eigenvalue weighted by molar-refractivity contribution is 0.159. The summed E-state index contributed by atoms with van der Waals surface area (Å²) in [6.45, 7) is 6.83. The summed E-state index contributed by atoms with van der Waals surface area (Å²) in [4.78, 5) is 17.1. The summed E-state index contributed by atoms with van der Waals surface area (Å²) in [5.41, 5.74) is 2.20. The van der Waals surface area contributed by atoms with Crippen LogP contribution >= 0.6 is 0 Å². The van der Waals surface area contributed by atoms with Gasteiger partial charge in [-0.1, -0.05) is 13.8 Å². The maximum absolute atomic E-state index is 11.2. The van der Waals surface area contributed by atoms with E-state index >= 15 is 0 Å². The average Bonchev–Trinajstić information content (AvgIpc) is 2.76. The molecule has 0 spiro atoms. The van der Waals surface area contributed by atoms with Crippen LogP contribution < -0.4 is 5.32 Å². The number of nitrogens with one attached hydrogen (secondary N) is 1. The van der Waals surface area contributed by atoms with Gasteiger partial charge in [-0.05, 0) is 17.5 Å². The molecular formula is C13H19N3O2. The van der Waals surface area contributed by atoms with Crippen molar-refractivity contribution in [1.82, 2.24) is 9.88 Å². The maximum atomic E-state index is 11.2. The van der Waals surface area contributed by atoms with Crippen molar-refractivity contribution < 1.29 is 9.53 Å². The smallest absolute Gasteiger partial charge is 0.409 e. The Bertz CT molecular complexity index is 420. The Morgan fingerprint density at radius 1 is 1.50 bits per heavy atom. The lowest BCUT2D eigenvalue weighted by Gasteiger charge is -2.14. The van der Waals surface area contributed by atoms with E-state index in [-0.39, 0.29) is 6.09 Å². The van der Waals surface area contributed by atoms with Crippen LogP contribution in [0.15, 0.2) is 18.5 Å². The van der Waals surface area contributed by atoms with Crippen molar-refractivity contribution >= 4 is 11.8 Å². The molecule has 0 atom stereocenters. The van der Waals surface area contributed by atoms with Gasteiger partial charge in [0.25, 0.3) is 0 Å². The van der Waals surface area contributed by atoms with E-state index in [1.807, 2.05) is 6.20 Å². The SMILES string of the molecule is CC(C)c1cncc(NCCN2CCOC2=O)c1. The van der Waals surface area contributed by atoms with Gasteiger partial charge in [0.2, 0.25) is 0 Å². The Morgan fingerprint density at radius 3 is 3.00 bits per heavy atom. The molecule has 1 aromatic heterocycles. The number of aromatic nitrogens is 1. The van der Waals surface area contributed by atoms with Crippen LogP contribution in [0.1, 0.15) is 25.3 Å². The zero-order chi connectivity index (χ0) is 13.0. The third-order valence-electron chi connectivity index (χ3n) is 2.98. The van der Waals surface area contributed by atoms with E-state index in [2.05, 4.69) is 30.2 Å². The minimum atomic E-state index is -0.217. The normalized spacial score (nSPS) is 15.1. The summed E-state index contributed by atoms with van der Waals surface area (Å²) in [5.74, 6) is 0.466. The number of pyridine rings is 1. The highest BCUT2D eigenvalue weighted by atomic mass is 16.6. The van der Waals surface area contributed by atoms with Crippen LogP contribution in [-0.4, -0.2) is 42.2 Å². The second kappa shape index (κ2) is 5.71. The van der Waals surface area contributed by atoms with E-state index in [1.165, 1.54) is 5.56 Å². The van der Waals surface area contributed by atoms with Crippen LogP contribution in [0.3, 0.4) is 0 Å². The number of hydrogen-bond acceptors (Lipinski definition) is 4. The number of carbonyl (C=O) groups excluding carboxylic acids is 1. The molecule has 1 N–H and O–H groups in total. The number of carbonyl (C=O) groups is 1. The van der Waals surface area contributed by atoms with Crippen LogP contribution in [-0.2, 0) is 4.74 Å². The molecule has 0 bridgehead atoms. The summed E-state index contributed by atoms with van der Waals surface area (Å²) in [6.07, 6.45) is 3.47. The molecule has 1 saturated heterocycles. The first-order chi connectivity index (χ1) is 8.66. The van der Waals surface area contributed by atoms with Crippen LogP contribution in [0.2, 0.25) is 0 Å². The van der Waals surface area contributed by atoms with E-state index in [1.54, 1.807) is 11.1 Å². The van der Waals surface area contributed by atoms with Gasteiger partial charge in [0, 0.05) is 25.5 Å². The van der Waals surface area contributed by atoms with Gasteiger partial charge in [-0.15, -0.1) is 0 Å². The number of amides is 1. The first-order valence-corrected chi connectivity index (χ1v) is 6.27. The van der Waals surface area contributed by atoms with Crippen molar-refractivity contribution in [3.63, 3.8) is 0 Å². The van der Waals surface area contributed by atoms with E-state index < -0.39 is 0 Å². The second-order valence-electron chi connectivity index (χ2n) is 4.69. The molecule has 0 unspecified atom stereocenters. The standard InChI is InChI=1S/C13H19N3O2/c1-10(2)11-7-12(9-14-8-11)15-3-4-16-5-6-18-13(16)17/h7-10,15H,3-6H2,1-2H3. The van der Waals surface area contributed by atoms with Crippen LogP contribution in [0, 0.1) is 0 Å². The molecule has 0 radical (unpaired) electrons. The molecule has 1 aliphatic heterocycles. The minimum absolute atomic E-state index is 0.217. The van der Waals surface area contributed by atoms with Gasteiger partial charge in [-0.3, -0.25) is 4.98 Å². The molecule has 0 aliphatic carbocycles. The molecule has 1 aliphatic rings. The number of hydrogen-bond donors (Lipinski definition) is 1. The van der Waals surface area contributed by atoms with Gasteiger partial charge in [-0.2, -0.15) is 0 Å². The van der Waals surface area contributed by atoms with E-state index in [9.17, 15) is 4.79 Å². The Morgan fingerprint density at radius 2 is 2.33 bits per heavy atom. The van der Waals surface area contributed by atoms with Gasteiger partial charge in [0.1, 0.15) is 6.61 Å². The van der Waals surface area contributed by atoms with Crippen molar-refractivity contribution in [2.45, 2.75) is 19.8 Å². The number of nitrogens with zero attached hydrogens (tertiary/aromatic N) is 2. The predicted octanol–water partition coefficient (Wildman–Crippen LogP) is 2.07. The van der Waals surface area contributed by atoms with Crippen molar-refractivity contribution in [3.05, 3.63) is 24.0 Å². The predicted molar refractivity (Wildman–Crippen MR) is 69.7 cm³/mol. The molecule has 0 saturated carbocycles. The monoisotopic (exact) mass is 249 g/mol. The molecule has 2 heterocycles. The molecule has 1 aromatic rings. The molecule has 98 valence electrons. The topological polar surface area (TPSA) is 54.5 Å². The van der Waals surface area contributed by atoms with Crippen molar-refractivity contribution in [1.29, 1.82) is 0 Å². The highest BCUT2D eigenvalue weighted by Gasteiger charge is 2.20. The van der Waals surface area contributed by atoms with Gasteiger partial charge < -0.3 is 15.0 Å². The zero-order valence-corrected chi connectivity index (χ0v) is 10.8. The Balaban J connectivity index is 1.82. The summed E-state index contributed by atoms with van der Waals surface area (Å²) in [5, 5.41) is 3.28.